The smallest absolute Gasteiger partial charge is 0.0651 e. The van der Waals surface area contributed by atoms with E-state index in [1.807, 2.05) is 0 Å². The largest absolute Gasteiger partial charge is 0.374 e. The highest BCUT2D eigenvalue weighted by Crippen LogP contribution is 2.55. The fourth-order valence-corrected chi connectivity index (χ4v) is 5.41. The molecule has 3 aliphatic carbocycles. The predicted molar refractivity (Wildman–Crippen MR) is 72.3 cm³/mol. The van der Waals surface area contributed by atoms with Crippen LogP contribution in [0.2, 0.25) is 0 Å². The van der Waals surface area contributed by atoms with Crippen LogP contribution in [0.25, 0.3) is 0 Å². The zero-order valence-corrected chi connectivity index (χ0v) is 11.3. The van der Waals surface area contributed by atoms with E-state index in [1.165, 1.54) is 32.1 Å². The molecule has 1 N–H and O–H groups in total. The van der Waals surface area contributed by atoms with Crippen LogP contribution in [0, 0.1) is 23.7 Å². The molecule has 1 aliphatic heterocycles. The highest BCUT2D eigenvalue weighted by molar-refractivity contribution is 5.15. The summed E-state index contributed by atoms with van der Waals surface area (Å²) in [4.78, 5) is 0. The first-order valence-electron chi connectivity index (χ1n) is 7.94. The SMILES string of the molecule is CCNC1CC2CCCC3OC4CC=CC1C4C23. The Morgan fingerprint density at radius 1 is 1.22 bits per heavy atom. The maximum atomic E-state index is 6.40. The van der Waals surface area contributed by atoms with Gasteiger partial charge in [0.1, 0.15) is 0 Å². The summed E-state index contributed by atoms with van der Waals surface area (Å²) in [6, 6.07) is 0.709. The molecule has 0 radical (unpaired) electrons. The van der Waals surface area contributed by atoms with Crippen molar-refractivity contribution in [1.82, 2.24) is 5.32 Å². The lowest BCUT2D eigenvalue weighted by atomic mass is 9.57. The lowest BCUT2D eigenvalue weighted by Gasteiger charge is -2.48. The molecule has 1 saturated heterocycles. The van der Waals surface area contributed by atoms with Gasteiger partial charge in [-0.2, -0.15) is 0 Å². The molecule has 0 spiro atoms. The Labute approximate surface area is 110 Å². The summed E-state index contributed by atoms with van der Waals surface area (Å²) in [5, 5.41) is 3.75. The summed E-state index contributed by atoms with van der Waals surface area (Å²) in [7, 11) is 0. The van der Waals surface area contributed by atoms with Crippen LogP contribution in [-0.4, -0.2) is 24.8 Å². The van der Waals surface area contributed by atoms with Gasteiger partial charge in [0.2, 0.25) is 0 Å². The molecule has 7 atom stereocenters. The van der Waals surface area contributed by atoms with Gasteiger partial charge in [-0.15, -0.1) is 0 Å². The van der Waals surface area contributed by atoms with Crippen molar-refractivity contribution >= 4 is 0 Å². The summed E-state index contributed by atoms with van der Waals surface area (Å²) in [6.07, 6.45) is 12.7. The average Bonchev–Trinajstić information content (AvgIpc) is 2.77. The quantitative estimate of drug-likeness (QED) is 0.758. The lowest BCUT2D eigenvalue weighted by molar-refractivity contribution is 0.00637. The third kappa shape index (κ3) is 1.55. The fourth-order valence-electron chi connectivity index (χ4n) is 5.41. The molecular formula is C16H25NO. The Bertz CT molecular complexity index is 353. The molecule has 2 nitrogen and oxygen atoms in total. The highest BCUT2D eigenvalue weighted by Gasteiger charge is 2.56. The van der Waals surface area contributed by atoms with E-state index in [0.29, 0.717) is 18.2 Å². The number of nitrogens with one attached hydrogen (secondary N) is 1. The molecule has 0 amide bonds. The van der Waals surface area contributed by atoms with Gasteiger partial charge in [-0.25, -0.2) is 0 Å². The summed E-state index contributed by atoms with van der Waals surface area (Å²) < 4.78 is 6.40. The van der Waals surface area contributed by atoms with Crippen molar-refractivity contribution in [3.05, 3.63) is 12.2 Å². The Balaban J connectivity index is 1.68. The van der Waals surface area contributed by atoms with E-state index in [9.17, 15) is 0 Å². The van der Waals surface area contributed by atoms with Crippen molar-refractivity contribution < 1.29 is 4.74 Å². The average molecular weight is 247 g/mol. The number of hydrogen-bond donors (Lipinski definition) is 1. The second-order valence-electron chi connectivity index (χ2n) is 6.70. The molecule has 4 aliphatic rings. The van der Waals surface area contributed by atoms with Gasteiger partial charge in [0.05, 0.1) is 12.2 Å². The van der Waals surface area contributed by atoms with Crippen molar-refractivity contribution in [2.45, 2.75) is 57.3 Å². The first kappa shape index (κ1) is 11.5. The molecule has 0 aromatic rings. The Hall–Kier alpha value is -0.340. The van der Waals surface area contributed by atoms with E-state index in [0.717, 1.165) is 30.2 Å². The third-order valence-corrected chi connectivity index (χ3v) is 5.92. The standard InChI is InChI=1S/C16H25NO/c1-2-17-12-9-10-5-3-7-13-15(10)16-11(12)6-4-8-14(16)18-13/h4,6,10-17H,2-3,5,7-9H2,1H3. The molecular weight excluding hydrogens is 222 g/mol. The van der Waals surface area contributed by atoms with Crippen molar-refractivity contribution in [2.75, 3.05) is 6.54 Å². The molecule has 4 rings (SSSR count). The van der Waals surface area contributed by atoms with Crippen LogP contribution in [0.4, 0.5) is 0 Å². The minimum Gasteiger partial charge on any atom is -0.374 e. The van der Waals surface area contributed by atoms with E-state index >= 15 is 0 Å². The lowest BCUT2D eigenvalue weighted by Crippen LogP contribution is -2.52. The molecule has 18 heavy (non-hydrogen) atoms. The minimum atomic E-state index is 0.539. The summed E-state index contributed by atoms with van der Waals surface area (Å²) >= 11 is 0. The summed E-state index contributed by atoms with van der Waals surface area (Å²) in [5.41, 5.74) is 0. The minimum absolute atomic E-state index is 0.539. The first-order chi connectivity index (χ1) is 8.88. The Kier molecular flexibility index (Phi) is 2.77. The Morgan fingerprint density at radius 3 is 3.06 bits per heavy atom. The summed E-state index contributed by atoms with van der Waals surface area (Å²) in [6.45, 7) is 3.35. The van der Waals surface area contributed by atoms with Gasteiger partial charge >= 0.3 is 0 Å². The van der Waals surface area contributed by atoms with Gasteiger partial charge in [0.25, 0.3) is 0 Å². The van der Waals surface area contributed by atoms with E-state index in [1.54, 1.807) is 0 Å². The van der Waals surface area contributed by atoms with Gasteiger partial charge in [0, 0.05) is 6.04 Å². The fraction of sp³-hybridized carbons (Fsp3) is 0.875. The topological polar surface area (TPSA) is 21.3 Å². The zero-order chi connectivity index (χ0) is 12.1. The maximum absolute atomic E-state index is 6.40. The molecule has 3 fully saturated rings. The van der Waals surface area contributed by atoms with Gasteiger partial charge in [-0.05, 0) is 55.9 Å². The van der Waals surface area contributed by atoms with Crippen LogP contribution >= 0.6 is 0 Å². The maximum Gasteiger partial charge on any atom is 0.0651 e. The third-order valence-electron chi connectivity index (χ3n) is 5.92. The van der Waals surface area contributed by atoms with Crippen LogP contribution in [-0.2, 0) is 4.74 Å². The van der Waals surface area contributed by atoms with Crippen molar-refractivity contribution in [2.24, 2.45) is 23.7 Å². The van der Waals surface area contributed by atoms with Gasteiger partial charge in [0.15, 0.2) is 0 Å². The van der Waals surface area contributed by atoms with Crippen LogP contribution < -0.4 is 5.32 Å². The second-order valence-corrected chi connectivity index (χ2v) is 6.70. The van der Waals surface area contributed by atoms with Gasteiger partial charge in [-0.1, -0.05) is 25.5 Å². The van der Waals surface area contributed by atoms with E-state index in [2.05, 4.69) is 24.4 Å². The van der Waals surface area contributed by atoms with Crippen LogP contribution in [0.3, 0.4) is 0 Å². The molecule has 7 unspecified atom stereocenters. The van der Waals surface area contributed by atoms with Crippen LogP contribution in [0.5, 0.6) is 0 Å². The molecule has 2 heteroatoms. The molecule has 1 heterocycles. The molecule has 2 saturated carbocycles. The highest BCUT2D eigenvalue weighted by atomic mass is 16.5. The first-order valence-corrected chi connectivity index (χ1v) is 7.94. The normalized spacial score (nSPS) is 53.3. The van der Waals surface area contributed by atoms with Gasteiger partial charge < -0.3 is 10.1 Å². The molecule has 100 valence electrons. The zero-order valence-electron chi connectivity index (χ0n) is 11.3. The van der Waals surface area contributed by atoms with E-state index in [4.69, 9.17) is 4.74 Å². The number of ether oxygens (including phenoxy) is 1. The van der Waals surface area contributed by atoms with Crippen molar-refractivity contribution in [1.29, 1.82) is 0 Å². The van der Waals surface area contributed by atoms with Gasteiger partial charge in [-0.3, -0.25) is 0 Å². The van der Waals surface area contributed by atoms with Crippen LogP contribution in [0.15, 0.2) is 12.2 Å². The molecule has 0 bridgehead atoms. The number of rotatable bonds is 2. The van der Waals surface area contributed by atoms with Crippen molar-refractivity contribution in [3.8, 4) is 0 Å². The predicted octanol–water partition coefficient (Wildman–Crippen LogP) is 2.74. The summed E-state index contributed by atoms with van der Waals surface area (Å²) in [5.74, 6) is 3.38. The monoisotopic (exact) mass is 247 g/mol. The van der Waals surface area contributed by atoms with E-state index in [-0.39, 0.29) is 0 Å². The second kappa shape index (κ2) is 4.35. The number of hydrogen-bond acceptors (Lipinski definition) is 2. The Morgan fingerprint density at radius 2 is 2.17 bits per heavy atom. The van der Waals surface area contributed by atoms with E-state index < -0.39 is 0 Å². The molecule has 0 aromatic heterocycles. The van der Waals surface area contributed by atoms with Crippen molar-refractivity contribution in [3.63, 3.8) is 0 Å². The molecule has 0 aromatic carbocycles. The van der Waals surface area contributed by atoms with Crippen LogP contribution in [0.1, 0.15) is 39.0 Å².